The van der Waals surface area contributed by atoms with E-state index in [1.165, 1.54) is 19.6 Å². The number of ketones is 1. The summed E-state index contributed by atoms with van der Waals surface area (Å²) in [5.74, 6) is 2.04. The highest BCUT2D eigenvalue weighted by Crippen LogP contribution is 2.60. The molecule has 178 valence electrons. The number of Topliss-reactive ketones (excluding diaryl/α,β-unsaturated/α-hetero) is 1. The molecule has 0 radical (unpaired) electrons. The topological polar surface area (TPSA) is 98.8 Å². The molecule has 0 spiro atoms. The molecule has 0 aliphatic heterocycles. The van der Waals surface area contributed by atoms with Gasteiger partial charge in [-0.25, -0.2) is 0 Å². The number of hydrogen-bond acceptors (Lipinski definition) is 7. The van der Waals surface area contributed by atoms with E-state index >= 15 is 0 Å². The molecular weight excluding hydrogens is 449 g/mol. The zero-order chi connectivity index (χ0) is 24.9. The highest BCUT2D eigenvalue weighted by Gasteiger charge is 2.61. The summed E-state index contributed by atoms with van der Waals surface area (Å²) in [6, 6.07) is 0. The fourth-order valence-corrected chi connectivity index (χ4v) is 5.52. The number of allylic oxidation sites excluding steroid dienone is 3. The van der Waals surface area contributed by atoms with Crippen LogP contribution in [0.5, 0.6) is 0 Å². The third kappa shape index (κ3) is 7.10. The van der Waals surface area contributed by atoms with Crippen LogP contribution in [0.3, 0.4) is 0 Å². The lowest BCUT2D eigenvalue weighted by Crippen LogP contribution is -2.20. The average molecular weight is 484 g/mol. The highest BCUT2D eigenvalue weighted by atomic mass is 32.7. The van der Waals surface area contributed by atoms with E-state index < -0.39 is 12.8 Å². The Hall–Kier alpha value is -1.81. The number of rotatable bonds is 7. The van der Waals surface area contributed by atoms with Crippen molar-refractivity contribution in [1.29, 1.82) is 0 Å². The van der Waals surface area contributed by atoms with Gasteiger partial charge in [0.15, 0.2) is 5.78 Å². The molecule has 0 aromatic rings. The largest absolute Gasteiger partial charge is 0.457 e. The second-order valence-electron chi connectivity index (χ2n) is 8.69. The Labute approximate surface area is 195 Å². The predicted octanol–water partition coefficient (Wildman–Crippen LogP) is 4.69. The number of esters is 1. The maximum Gasteiger partial charge on any atom is 0.352 e. The number of carbonyl (C=O) groups excluding carboxylic acids is 3. The van der Waals surface area contributed by atoms with E-state index in [0.717, 1.165) is 17.0 Å². The van der Waals surface area contributed by atoms with Crippen molar-refractivity contribution >= 4 is 35.8 Å². The summed E-state index contributed by atoms with van der Waals surface area (Å²) in [4.78, 5) is 34.8. The van der Waals surface area contributed by atoms with Crippen molar-refractivity contribution in [2.24, 2.45) is 17.3 Å². The van der Waals surface area contributed by atoms with Crippen molar-refractivity contribution in [1.82, 2.24) is 5.09 Å². The minimum atomic E-state index is -2.92. The van der Waals surface area contributed by atoms with E-state index in [1.807, 2.05) is 20.8 Å². The smallest absolute Gasteiger partial charge is 0.352 e. The molecule has 2 aliphatic carbocycles. The quantitative estimate of drug-likeness (QED) is 0.243. The van der Waals surface area contributed by atoms with Gasteiger partial charge in [0.25, 0.3) is 0 Å². The van der Waals surface area contributed by atoms with Crippen LogP contribution in [0.4, 0.5) is 0 Å². The first-order valence-electron chi connectivity index (χ1n) is 10.3. The molecular formula is C23H34NO6PS. The molecule has 0 aromatic carbocycles. The summed E-state index contributed by atoms with van der Waals surface area (Å²) in [7, 11) is 1.30. The first kappa shape index (κ1) is 28.2. The lowest BCUT2D eigenvalue weighted by Gasteiger charge is -2.13. The van der Waals surface area contributed by atoms with E-state index in [-0.39, 0.29) is 41.3 Å². The van der Waals surface area contributed by atoms with Gasteiger partial charge in [0.1, 0.15) is 6.10 Å². The number of hydrogen-bond donors (Lipinski definition) is 1. The third-order valence-electron chi connectivity index (χ3n) is 5.66. The summed E-state index contributed by atoms with van der Waals surface area (Å²) >= 11 is 1.00. The molecule has 2 rings (SSSR count). The molecule has 9 heteroatoms. The normalized spacial score (nSPS) is 25.0. The average Bonchev–Trinajstić information content (AvgIpc) is 3.12. The van der Waals surface area contributed by atoms with E-state index in [9.17, 15) is 18.9 Å². The van der Waals surface area contributed by atoms with Gasteiger partial charge in [-0.15, -0.1) is 12.3 Å². The number of amides is 1. The standard InChI is InChI=1S/C19H24O3.C4H10NO3PS/c1-7-8-13-12(4)16(10-15(13)20)22-18(21)17-14(9-11(2)3)19(17,5)6;1-4(6)5-9(7,8-2)10-3/h1,9,14,16-17H,8,10H2,2-6H3;1-3H3,(H,5,6,7)/t14?,16-,17?;/m0./s1. The van der Waals surface area contributed by atoms with Crippen LogP contribution in [0.2, 0.25) is 0 Å². The fourth-order valence-electron chi connectivity index (χ4n) is 3.70. The molecule has 1 saturated carbocycles. The second-order valence-corrected chi connectivity index (χ2v) is 13.2. The Morgan fingerprint density at radius 1 is 1.34 bits per heavy atom. The number of nitrogens with one attached hydrogen (secondary N) is 1. The van der Waals surface area contributed by atoms with Gasteiger partial charge in [0.2, 0.25) is 5.91 Å². The SMILES string of the molecule is C#CCC1=C(C)[C@@H](OC(=O)C2C(C=C(C)C)C2(C)C)CC1=O.COP(=O)(NC(C)=O)SC. The van der Waals surface area contributed by atoms with Gasteiger partial charge in [0.05, 0.1) is 12.3 Å². The van der Waals surface area contributed by atoms with Crippen molar-refractivity contribution in [2.45, 2.75) is 60.5 Å². The van der Waals surface area contributed by atoms with Crippen molar-refractivity contribution in [3.8, 4) is 12.3 Å². The van der Waals surface area contributed by atoms with E-state index in [4.69, 9.17) is 11.2 Å². The summed E-state index contributed by atoms with van der Waals surface area (Å²) in [6.45, 7) is 8.43. The third-order valence-corrected chi connectivity index (χ3v) is 9.37. The van der Waals surface area contributed by atoms with Crippen molar-refractivity contribution < 1.29 is 28.2 Å². The van der Waals surface area contributed by atoms with Gasteiger partial charge in [-0.1, -0.05) is 36.9 Å². The predicted molar refractivity (Wildman–Crippen MR) is 128 cm³/mol. The van der Waals surface area contributed by atoms with Gasteiger partial charge < -0.3 is 9.26 Å². The Morgan fingerprint density at radius 3 is 2.34 bits per heavy atom. The summed E-state index contributed by atoms with van der Waals surface area (Å²) in [6.07, 6.45) is 9.14. The van der Waals surface area contributed by atoms with Crippen LogP contribution in [0.1, 0.15) is 54.4 Å². The maximum atomic E-state index is 12.5. The zero-order valence-corrected chi connectivity index (χ0v) is 21.8. The van der Waals surface area contributed by atoms with E-state index in [1.54, 1.807) is 6.26 Å². The lowest BCUT2D eigenvalue weighted by atomic mass is 10.1. The lowest BCUT2D eigenvalue weighted by molar-refractivity contribution is -0.150. The first-order valence-corrected chi connectivity index (χ1v) is 13.7. The fraction of sp³-hybridized carbons (Fsp3) is 0.609. The number of ether oxygens (including phenoxy) is 1. The van der Waals surface area contributed by atoms with Crippen LogP contribution in [0.25, 0.3) is 0 Å². The minimum Gasteiger partial charge on any atom is -0.457 e. The molecule has 0 saturated heterocycles. The van der Waals surface area contributed by atoms with E-state index in [2.05, 4.69) is 35.5 Å². The molecule has 7 nitrogen and oxygen atoms in total. The monoisotopic (exact) mass is 483 g/mol. The van der Waals surface area contributed by atoms with Crippen molar-refractivity contribution in [3.63, 3.8) is 0 Å². The molecule has 0 aromatic heterocycles. The van der Waals surface area contributed by atoms with Crippen LogP contribution in [0, 0.1) is 29.6 Å². The second kappa shape index (κ2) is 11.4. The molecule has 1 amide bonds. The molecule has 32 heavy (non-hydrogen) atoms. The number of carbonyl (C=O) groups is 3. The van der Waals surface area contributed by atoms with Crippen molar-refractivity contribution in [3.05, 3.63) is 22.8 Å². The summed E-state index contributed by atoms with van der Waals surface area (Å²) in [5, 5.41) is 2.21. The molecule has 0 heterocycles. The highest BCUT2D eigenvalue weighted by molar-refractivity contribution is 8.55. The zero-order valence-electron chi connectivity index (χ0n) is 20.1. The Kier molecular flexibility index (Phi) is 10.0. The summed E-state index contributed by atoms with van der Waals surface area (Å²) in [5.41, 5.74) is 2.58. The minimum absolute atomic E-state index is 0.00385. The molecule has 1 N–H and O–H groups in total. The Morgan fingerprint density at radius 2 is 1.94 bits per heavy atom. The summed E-state index contributed by atoms with van der Waals surface area (Å²) < 4.78 is 21.4. The van der Waals surface area contributed by atoms with Gasteiger partial charge >= 0.3 is 12.7 Å². The molecule has 1 fully saturated rings. The Bertz CT molecular complexity index is 902. The number of terminal acetylenes is 1. The molecule has 4 atom stereocenters. The molecule has 3 unspecified atom stereocenters. The van der Waals surface area contributed by atoms with Gasteiger partial charge in [-0.3, -0.25) is 24.0 Å². The maximum absolute atomic E-state index is 12.5. The van der Waals surface area contributed by atoms with Crippen LogP contribution in [-0.2, 0) is 28.2 Å². The van der Waals surface area contributed by atoms with Gasteiger partial charge in [0, 0.05) is 26.0 Å². The molecule has 2 aliphatic rings. The molecule has 0 bridgehead atoms. The van der Waals surface area contributed by atoms with Crippen LogP contribution < -0.4 is 5.09 Å². The van der Waals surface area contributed by atoms with Crippen LogP contribution in [0.15, 0.2) is 22.8 Å². The van der Waals surface area contributed by atoms with Gasteiger partial charge in [-0.05, 0) is 43.9 Å². The van der Waals surface area contributed by atoms with Crippen molar-refractivity contribution in [2.75, 3.05) is 13.4 Å². The Balaban J connectivity index is 0.000000433. The van der Waals surface area contributed by atoms with Gasteiger partial charge in [-0.2, -0.15) is 0 Å². The van der Waals surface area contributed by atoms with Crippen LogP contribution >= 0.6 is 18.1 Å². The first-order chi connectivity index (χ1) is 14.7. The van der Waals surface area contributed by atoms with E-state index in [0.29, 0.717) is 12.0 Å². The van der Waals surface area contributed by atoms with Crippen LogP contribution in [-0.4, -0.2) is 37.1 Å².